The van der Waals surface area contributed by atoms with E-state index in [4.69, 9.17) is 5.73 Å². The van der Waals surface area contributed by atoms with Gasteiger partial charge in [0.2, 0.25) is 5.91 Å². The molecule has 114 valence electrons. The molecule has 1 amide bonds. The first-order valence-electron chi connectivity index (χ1n) is 6.94. The summed E-state index contributed by atoms with van der Waals surface area (Å²) in [6.07, 6.45) is 1.55. The van der Waals surface area contributed by atoms with Crippen molar-refractivity contribution in [2.45, 2.75) is 38.3 Å². The molecule has 1 heterocycles. The van der Waals surface area contributed by atoms with Crippen LogP contribution in [0.5, 0.6) is 0 Å². The molecule has 0 spiro atoms. The summed E-state index contributed by atoms with van der Waals surface area (Å²) in [6, 6.07) is 4.06. The monoisotopic (exact) mass is 293 g/mol. The van der Waals surface area contributed by atoms with Gasteiger partial charge in [-0.15, -0.1) is 0 Å². The summed E-state index contributed by atoms with van der Waals surface area (Å²) in [4.78, 5) is 24.1. The Balaban J connectivity index is 2.46. The highest BCUT2D eigenvalue weighted by Crippen LogP contribution is 2.34. The Labute approximate surface area is 122 Å². The molecular formula is C14H19N3O4. The maximum absolute atomic E-state index is 11.6. The smallest absolute Gasteiger partial charge is 0.292 e. The predicted octanol–water partition coefficient (Wildman–Crippen LogP) is 1.49. The molecular weight excluding hydrogens is 274 g/mol. The summed E-state index contributed by atoms with van der Waals surface area (Å²) in [7, 11) is 0. The van der Waals surface area contributed by atoms with Crippen molar-refractivity contribution in [1.82, 2.24) is 0 Å². The lowest BCUT2D eigenvalue weighted by Gasteiger charge is -2.35. The number of carbonyl (C=O) groups excluding carboxylic acids is 1. The molecule has 0 radical (unpaired) electrons. The van der Waals surface area contributed by atoms with Gasteiger partial charge in [0.05, 0.1) is 11.0 Å². The third-order valence-electron chi connectivity index (χ3n) is 3.82. The van der Waals surface area contributed by atoms with Crippen LogP contribution < -0.4 is 10.6 Å². The van der Waals surface area contributed by atoms with E-state index in [0.717, 1.165) is 12.8 Å². The lowest BCUT2D eigenvalue weighted by Crippen LogP contribution is -2.48. The lowest BCUT2D eigenvalue weighted by atomic mass is 9.99. The Bertz CT molecular complexity index is 559. The number of nitro groups is 1. The number of aliphatic hydroxyl groups excluding tert-OH is 1. The molecule has 0 bridgehead atoms. The molecule has 0 aliphatic carbocycles. The maximum atomic E-state index is 11.6. The zero-order valence-electron chi connectivity index (χ0n) is 11.9. The van der Waals surface area contributed by atoms with Crippen LogP contribution in [0.25, 0.3) is 0 Å². The molecule has 7 heteroatoms. The van der Waals surface area contributed by atoms with Gasteiger partial charge in [-0.1, -0.05) is 6.07 Å². The number of benzene rings is 1. The predicted molar refractivity (Wildman–Crippen MR) is 77.9 cm³/mol. The second-order valence-corrected chi connectivity index (χ2v) is 5.29. The molecule has 1 fully saturated rings. The van der Waals surface area contributed by atoms with E-state index in [2.05, 4.69) is 0 Å². The van der Waals surface area contributed by atoms with Gasteiger partial charge in [-0.2, -0.15) is 0 Å². The Morgan fingerprint density at radius 2 is 2.24 bits per heavy atom. The number of amides is 1. The van der Waals surface area contributed by atoms with Crippen LogP contribution in [-0.4, -0.2) is 28.5 Å². The molecule has 0 saturated carbocycles. The molecule has 7 nitrogen and oxygen atoms in total. The molecule has 1 aliphatic heterocycles. The number of carbonyl (C=O) groups is 1. The van der Waals surface area contributed by atoms with Gasteiger partial charge in [0, 0.05) is 12.6 Å². The molecule has 21 heavy (non-hydrogen) atoms. The summed E-state index contributed by atoms with van der Waals surface area (Å²) in [5, 5.41) is 20.9. The molecule has 1 saturated heterocycles. The average Bonchev–Trinajstić information content (AvgIpc) is 2.46. The van der Waals surface area contributed by atoms with Gasteiger partial charge in [-0.3, -0.25) is 14.9 Å². The fourth-order valence-electron chi connectivity index (χ4n) is 2.71. The highest BCUT2D eigenvalue weighted by molar-refractivity contribution is 5.85. The van der Waals surface area contributed by atoms with Crippen LogP contribution in [-0.2, 0) is 4.79 Å². The largest absolute Gasteiger partial charge is 0.389 e. The van der Waals surface area contributed by atoms with Crippen LogP contribution in [0.3, 0.4) is 0 Å². The van der Waals surface area contributed by atoms with Gasteiger partial charge in [0.25, 0.3) is 5.69 Å². The number of primary amides is 1. The van der Waals surface area contributed by atoms with Crippen LogP contribution in [0.15, 0.2) is 18.2 Å². The summed E-state index contributed by atoms with van der Waals surface area (Å²) in [5.74, 6) is -0.469. The highest BCUT2D eigenvalue weighted by Gasteiger charge is 2.31. The van der Waals surface area contributed by atoms with Gasteiger partial charge in [0.1, 0.15) is 11.7 Å². The van der Waals surface area contributed by atoms with Crippen molar-refractivity contribution in [2.24, 2.45) is 5.73 Å². The van der Waals surface area contributed by atoms with Gasteiger partial charge in [-0.05, 0) is 37.8 Å². The molecule has 2 unspecified atom stereocenters. The molecule has 1 aromatic rings. The Kier molecular flexibility index (Phi) is 4.42. The lowest BCUT2D eigenvalue weighted by molar-refractivity contribution is -0.384. The van der Waals surface area contributed by atoms with Gasteiger partial charge in [-0.25, -0.2) is 0 Å². The van der Waals surface area contributed by atoms with Crippen LogP contribution in [0.1, 0.15) is 37.9 Å². The number of nitrogens with zero attached hydrogens (tertiary/aromatic N) is 2. The maximum Gasteiger partial charge on any atom is 0.292 e. The molecule has 0 aromatic heterocycles. The number of piperidine rings is 1. The van der Waals surface area contributed by atoms with Crippen molar-refractivity contribution >= 4 is 17.3 Å². The van der Waals surface area contributed by atoms with Crippen molar-refractivity contribution in [1.29, 1.82) is 0 Å². The number of nitrogens with two attached hydrogens (primary N) is 1. The number of nitro benzene ring substituents is 1. The summed E-state index contributed by atoms with van der Waals surface area (Å²) in [5.41, 5.74) is 6.15. The van der Waals surface area contributed by atoms with Crippen LogP contribution in [0.2, 0.25) is 0 Å². The SMILES string of the molecule is CC(O)c1ccc(N2CCCCC2C(N)=O)c([N+](=O)[O-])c1. The highest BCUT2D eigenvalue weighted by atomic mass is 16.6. The van der Waals surface area contributed by atoms with E-state index in [1.807, 2.05) is 0 Å². The number of aliphatic hydroxyl groups is 1. The van der Waals surface area contributed by atoms with E-state index in [9.17, 15) is 20.0 Å². The van der Waals surface area contributed by atoms with Gasteiger partial charge >= 0.3 is 0 Å². The Morgan fingerprint density at radius 3 is 2.81 bits per heavy atom. The minimum absolute atomic E-state index is 0.110. The number of anilines is 1. The molecule has 3 N–H and O–H groups in total. The van der Waals surface area contributed by atoms with Crippen molar-refractivity contribution in [3.05, 3.63) is 33.9 Å². The second-order valence-electron chi connectivity index (χ2n) is 5.29. The zero-order valence-corrected chi connectivity index (χ0v) is 11.9. The van der Waals surface area contributed by atoms with E-state index in [-0.39, 0.29) is 5.69 Å². The first-order valence-corrected chi connectivity index (χ1v) is 6.94. The summed E-state index contributed by atoms with van der Waals surface area (Å²) < 4.78 is 0. The fourth-order valence-corrected chi connectivity index (χ4v) is 2.71. The van der Waals surface area contributed by atoms with Crippen LogP contribution in [0.4, 0.5) is 11.4 Å². The average molecular weight is 293 g/mol. The van der Waals surface area contributed by atoms with E-state index in [1.54, 1.807) is 24.0 Å². The van der Waals surface area contributed by atoms with Crippen molar-refractivity contribution < 1.29 is 14.8 Å². The van der Waals surface area contributed by atoms with Crippen molar-refractivity contribution in [3.63, 3.8) is 0 Å². The Morgan fingerprint density at radius 1 is 1.52 bits per heavy atom. The third kappa shape index (κ3) is 3.13. The van der Waals surface area contributed by atoms with Gasteiger partial charge < -0.3 is 15.7 Å². The summed E-state index contributed by atoms with van der Waals surface area (Å²) in [6.45, 7) is 2.11. The first-order chi connectivity index (χ1) is 9.91. The minimum Gasteiger partial charge on any atom is -0.389 e. The Hall–Kier alpha value is -2.15. The standard InChI is InChI=1S/C14H19N3O4/c1-9(18)10-5-6-11(13(8-10)17(20)21)16-7-3-2-4-12(16)14(15)19/h5-6,8-9,12,18H,2-4,7H2,1H3,(H2,15,19). The topological polar surface area (TPSA) is 110 Å². The molecule has 1 aromatic carbocycles. The zero-order chi connectivity index (χ0) is 15.6. The van der Waals surface area contributed by atoms with Gasteiger partial charge in [0.15, 0.2) is 0 Å². The third-order valence-corrected chi connectivity index (χ3v) is 3.82. The van der Waals surface area contributed by atoms with E-state index >= 15 is 0 Å². The van der Waals surface area contributed by atoms with Crippen LogP contribution >= 0.6 is 0 Å². The number of hydrogen-bond acceptors (Lipinski definition) is 5. The normalized spacial score (nSPS) is 20.1. The van der Waals surface area contributed by atoms with Crippen molar-refractivity contribution in [3.8, 4) is 0 Å². The number of rotatable bonds is 4. The first kappa shape index (κ1) is 15.2. The quantitative estimate of drug-likeness (QED) is 0.645. The van der Waals surface area contributed by atoms with E-state index in [0.29, 0.717) is 24.2 Å². The molecule has 2 rings (SSSR count). The van der Waals surface area contributed by atoms with Crippen LogP contribution in [0, 0.1) is 10.1 Å². The second kappa shape index (κ2) is 6.09. The molecule has 2 atom stereocenters. The minimum atomic E-state index is -0.786. The van der Waals surface area contributed by atoms with E-state index in [1.165, 1.54) is 6.07 Å². The number of hydrogen-bond donors (Lipinski definition) is 2. The fraction of sp³-hybridized carbons (Fsp3) is 0.500. The summed E-state index contributed by atoms with van der Waals surface area (Å²) >= 11 is 0. The molecule has 1 aliphatic rings. The van der Waals surface area contributed by atoms with Crippen molar-refractivity contribution in [2.75, 3.05) is 11.4 Å². The van der Waals surface area contributed by atoms with E-state index < -0.39 is 23.0 Å².